The van der Waals surface area contributed by atoms with Gasteiger partial charge in [0.25, 0.3) is 0 Å². The van der Waals surface area contributed by atoms with Crippen LogP contribution in [0, 0.1) is 0 Å². The van der Waals surface area contributed by atoms with E-state index in [1.807, 2.05) is 66.7 Å². The Morgan fingerprint density at radius 2 is 1.00 bits per heavy atom. The number of hydrogen-bond acceptors (Lipinski definition) is 5. The average Bonchev–Trinajstić information content (AvgIpc) is 4.02. The van der Waals surface area contributed by atoms with Gasteiger partial charge >= 0.3 is 0 Å². The number of hydrogen-bond donors (Lipinski definition) is 0. The van der Waals surface area contributed by atoms with Gasteiger partial charge in [0.2, 0.25) is 5.89 Å². The summed E-state index contributed by atoms with van der Waals surface area (Å²) in [6, 6.07) is 60.6. The Balaban J connectivity index is 1.30. The van der Waals surface area contributed by atoms with Crippen LogP contribution in [0.15, 0.2) is 189 Å². The lowest BCUT2D eigenvalue weighted by Crippen LogP contribution is -2.12. The van der Waals surface area contributed by atoms with Gasteiger partial charge in [-0.15, -0.1) is 0 Å². The maximum absolute atomic E-state index is 6.66. The molecule has 4 aromatic heterocycles. The topological polar surface area (TPSA) is 60.5 Å². The van der Waals surface area contributed by atoms with E-state index in [0.29, 0.717) is 17.1 Å². The number of benzene rings is 8. The Labute approximate surface area is 313 Å². The van der Waals surface area contributed by atoms with Crippen LogP contribution in [0.4, 0.5) is 17.1 Å². The maximum Gasteiger partial charge on any atom is 0.227 e. The fraction of sp³-hybridized carbons (Fsp3) is 0. The third-order valence-corrected chi connectivity index (χ3v) is 10.8. The number of rotatable bonds is 5. The summed E-state index contributed by atoms with van der Waals surface area (Å²) in [5, 5.41) is 6.22. The fourth-order valence-electron chi connectivity index (χ4n) is 8.52. The van der Waals surface area contributed by atoms with Crippen LogP contribution in [0.25, 0.3) is 93.9 Å². The van der Waals surface area contributed by atoms with Crippen molar-refractivity contribution >= 4 is 93.8 Å². The predicted octanol–water partition coefficient (Wildman–Crippen LogP) is 13.9. The number of furan rings is 2. The van der Waals surface area contributed by atoms with Crippen LogP contribution < -0.4 is 4.90 Å². The van der Waals surface area contributed by atoms with E-state index >= 15 is 0 Å². The van der Waals surface area contributed by atoms with Crippen LogP contribution in [0.2, 0.25) is 0 Å². The molecule has 0 unspecified atom stereocenters. The molecule has 0 spiro atoms. The van der Waals surface area contributed by atoms with Crippen LogP contribution in [0.1, 0.15) is 0 Å². The van der Waals surface area contributed by atoms with Gasteiger partial charge in [0.05, 0.1) is 38.9 Å². The van der Waals surface area contributed by atoms with Crippen molar-refractivity contribution in [2.24, 2.45) is 0 Å². The molecule has 0 bridgehead atoms. The van der Waals surface area contributed by atoms with Gasteiger partial charge in [-0.05, 0) is 66.7 Å². The Morgan fingerprint density at radius 1 is 0.418 bits per heavy atom. The lowest BCUT2D eigenvalue weighted by Gasteiger charge is -2.28. The van der Waals surface area contributed by atoms with E-state index < -0.39 is 0 Å². The van der Waals surface area contributed by atoms with Gasteiger partial charge in [-0.25, -0.2) is 4.98 Å². The molecule has 258 valence electrons. The summed E-state index contributed by atoms with van der Waals surface area (Å²) < 4.78 is 22.2. The van der Waals surface area contributed by atoms with Gasteiger partial charge in [-0.3, -0.25) is 0 Å². The summed E-state index contributed by atoms with van der Waals surface area (Å²) in [6.07, 6.45) is 0. The summed E-state index contributed by atoms with van der Waals surface area (Å²) in [5.41, 5.74) is 11.5. The summed E-state index contributed by atoms with van der Waals surface area (Å²) in [6.45, 7) is 0. The van der Waals surface area contributed by atoms with E-state index in [0.717, 1.165) is 93.9 Å². The highest BCUT2D eigenvalue weighted by atomic mass is 16.4. The average molecular weight is 708 g/mol. The van der Waals surface area contributed by atoms with Gasteiger partial charge in [0.1, 0.15) is 27.8 Å². The second-order valence-electron chi connectivity index (χ2n) is 13.9. The van der Waals surface area contributed by atoms with Gasteiger partial charge < -0.3 is 22.7 Å². The maximum atomic E-state index is 6.66. The van der Waals surface area contributed by atoms with E-state index in [1.54, 1.807) is 0 Å². The molecule has 0 aliphatic carbocycles. The molecule has 0 fully saturated rings. The third-order valence-electron chi connectivity index (χ3n) is 10.8. The summed E-state index contributed by atoms with van der Waals surface area (Å²) >= 11 is 0. The van der Waals surface area contributed by atoms with Crippen molar-refractivity contribution in [1.29, 1.82) is 0 Å². The Morgan fingerprint density at radius 3 is 1.78 bits per heavy atom. The molecule has 0 radical (unpaired) electrons. The molecule has 12 rings (SSSR count). The van der Waals surface area contributed by atoms with Crippen LogP contribution in [0.5, 0.6) is 0 Å². The van der Waals surface area contributed by atoms with Gasteiger partial charge in [-0.1, -0.05) is 103 Å². The zero-order chi connectivity index (χ0) is 36.0. The first kappa shape index (κ1) is 29.9. The molecule has 0 aliphatic rings. The smallest absolute Gasteiger partial charge is 0.227 e. The van der Waals surface area contributed by atoms with Gasteiger partial charge in [0, 0.05) is 38.9 Å². The van der Waals surface area contributed by atoms with Crippen molar-refractivity contribution in [3.05, 3.63) is 176 Å². The van der Waals surface area contributed by atoms with Crippen LogP contribution in [-0.2, 0) is 0 Å². The van der Waals surface area contributed by atoms with E-state index in [-0.39, 0.29) is 0 Å². The first-order valence-electron chi connectivity index (χ1n) is 18.4. The lowest BCUT2D eigenvalue weighted by atomic mass is 10.0. The van der Waals surface area contributed by atoms with Crippen molar-refractivity contribution in [3.63, 3.8) is 0 Å². The fourth-order valence-corrected chi connectivity index (χ4v) is 8.52. The van der Waals surface area contributed by atoms with E-state index in [2.05, 4.69) is 119 Å². The Bertz CT molecular complexity index is 3440. The molecule has 0 saturated carbocycles. The summed E-state index contributed by atoms with van der Waals surface area (Å²) in [5.74, 6) is 0.541. The highest BCUT2D eigenvalue weighted by Gasteiger charge is 2.30. The number of fused-ring (bicyclic) bond motifs is 10. The molecule has 6 nitrogen and oxygen atoms in total. The molecule has 0 atom stereocenters. The first-order chi connectivity index (χ1) is 27.3. The summed E-state index contributed by atoms with van der Waals surface area (Å²) in [7, 11) is 0. The van der Waals surface area contributed by atoms with Gasteiger partial charge in [-0.2, -0.15) is 0 Å². The largest absolute Gasteiger partial charge is 0.456 e. The minimum absolute atomic E-state index is 0.541. The minimum atomic E-state index is 0.541. The normalized spacial score (nSPS) is 12.0. The van der Waals surface area contributed by atoms with Crippen LogP contribution in [-0.4, -0.2) is 9.55 Å². The van der Waals surface area contributed by atoms with E-state index in [9.17, 15) is 0 Å². The molecule has 55 heavy (non-hydrogen) atoms. The molecular weight excluding hydrogens is 679 g/mol. The highest BCUT2D eigenvalue weighted by molar-refractivity contribution is 6.26. The van der Waals surface area contributed by atoms with Crippen molar-refractivity contribution in [2.75, 3.05) is 4.90 Å². The second kappa shape index (κ2) is 11.5. The zero-order valence-electron chi connectivity index (χ0n) is 29.3. The third kappa shape index (κ3) is 4.33. The van der Waals surface area contributed by atoms with Crippen LogP contribution in [0.3, 0.4) is 0 Å². The molecule has 4 heterocycles. The molecular formula is C49H29N3O3. The summed E-state index contributed by atoms with van der Waals surface area (Å²) in [4.78, 5) is 7.71. The highest BCUT2D eigenvalue weighted by Crippen LogP contribution is 2.52. The molecule has 12 aromatic rings. The monoisotopic (exact) mass is 707 g/mol. The van der Waals surface area contributed by atoms with Crippen molar-refractivity contribution < 1.29 is 13.3 Å². The lowest BCUT2D eigenvalue weighted by molar-refractivity contribution is 0.617. The number of para-hydroxylation sites is 4. The molecule has 8 aromatic carbocycles. The molecule has 6 heteroatoms. The Kier molecular flexibility index (Phi) is 6.24. The van der Waals surface area contributed by atoms with Gasteiger partial charge in [0.15, 0.2) is 5.58 Å². The molecule has 0 aliphatic heterocycles. The minimum Gasteiger partial charge on any atom is -0.456 e. The van der Waals surface area contributed by atoms with Crippen molar-refractivity contribution in [1.82, 2.24) is 9.55 Å². The van der Waals surface area contributed by atoms with Crippen molar-refractivity contribution in [3.8, 4) is 17.1 Å². The number of nitrogens with zero attached hydrogens (tertiary/aromatic N) is 3. The second-order valence-corrected chi connectivity index (χ2v) is 13.9. The number of anilines is 3. The molecule has 0 amide bonds. The van der Waals surface area contributed by atoms with E-state index in [4.69, 9.17) is 18.2 Å². The standard InChI is InChI=1S/C49H29N3O3/c1-3-15-30(16-4-1)49-50-47-43(55-49)29-42-46(34-21-9-12-27-40(34)54-42)48(47)52(38-25-14-28-41-45(38)33-20-8-11-26-39(33)53-41)37-24-13-23-36-44(37)32-19-7-10-22-35(32)51(36)31-17-5-2-6-18-31/h1-29H. The quantitative estimate of drug-likeness (QED) is 0.178. The molecule has 0 saturated heterocycles. The SMILES string of the molecule is c1ccc(-c2nc3c(N(c4cccc5oc6ccccc6c45)c4cccc5c4c4ccccc4n5-c4ccccc4)c4c(cc3o2)oc2ccccc24)cc1. The molecule has 0 N–H and O–H groups in total. The number of oxazole rings is 1. The predicted molar refractivity (Wildman–Crippen MR) is 223 cm³/mol. The zero-order valence-corrected chi connectivity index (χ0v) is 29.3. The van der Waals surface area contributed by atoms with E-state index in [1.165, 1.54) is 0 Å². The first-order valence-corrected chi connectivity index (χ1v) is 18.4. The number of aromatic nitrogens is 2. The van der Waals surface area contributed by atoms with Crippen LogP contribution >= 0.6 is 0 Å². The van der Waals surface area contributed by atoms with Crippen molar-refractivity contribution in [2.45, 2.75) is 0 Å². The Hall–Kier alpha value is -7.57.